The minimum atomic E-state index is -4.18. The van der Waals surface area contributed by atoms with Crippen LogP contribution in [0.3, 0.4) is 0 Å². The van der Waals surface area contributed by atoms with Gasteiger partial charge in [-0.15, -0.1) is 0 Å². The summed E-state index contributed by atoms with van der Waals surface area (Å²) in [5.74, 6) is -0.538. The number of carbonyl (C=O) groups excluding carboxylic acids is 1. The Bertz CT molecular complexity index is 480. The van der Waals surface area contributed by atoms with Crippen molar-refractivity contribution in [2.75, 3.05) is 0 Å². The van der Waals surface area contributed by atoms with Crippen molar-refractivity contribution in [3.8, 4) is 0 Å². The molecule has 1 rings (SSSR count). The van der Waals surface area contributed by atoms with E-state index < -0.39 is 44.6 Å². The molecular formula is C15H19F3O2Te. The van der Waals surface area contributed by atoms with E-state index in [0.717, 1.165) is 3.58 Å². The van der Waals surface area contributed by atoms with Gasteiger partial charge >= 0.3 is 132 Å². The predicted octanol–water partition coefficient (Wildman–Crippen LogP) is 4.20. The number of alkyl halides is 3. The van der Waals surface area contributed by atoms with Crippen molar-refractivity contribution < 1.29 is 22.7 Å². The number of rotatable bonds is 7. The molecule has 1 heterocycles. The van der Waals surface area contributed by atoms with Crippen LogP contribution >= 0.6 is 0 Å². The molecular weight excluding hydrogens is 397 g/mol. The maximum absolute atomic E-state index is 12.4. The van der Waals surface area contributed by atoms with Gasteiger partial charge in [-0.1, -0.05) is 0 Å². The monoisotopic (exact) mass is 418 g/mol. The van der Waals surface area contributed by atoms with Crippen molar-refractivity contribution in [3.63, 3.8) is 0 Å². The molecule has 0 radical (unpaired) electrons. The molecule has 2 nitrogen and oxygen atoms in total. The zero-order valence-electron chi connectivity index (χ0n) is 12.1. The molecule has 1 aromatic rings. The van der Waals surface area contributed by atoms with E-state index in [-0.39, 0.29) is 18.4 Å². The van der Waals surface area contributed by atoms with Crippen LogP contribution in [0, 0.1) is 0 Å². The molecule has 21 heavy (non-hydrogen) atoms. The van der Waals surface area contributed by atoms with Crippen molar-refractivity contribution in [1.29, 1.82) is 0 Å². The second kappa shape index (κ2) is 7.51. The fraction of sp³-hybridized carbons (Fsp3) is 0.533. The molecule has 118 valence electrons. The second-order valence-electron chi connectivity index (χ2n) is 4.96. The van der Waals surface area contributed by atoms with Crippen LogP contribution in [0.5, 0.6) is 0 Å². The van der Waals surface area contributed by atoms with Crippen LogP contribution in [-0.4, -0.2) is 32.6 Å². The van der Waals surface area contributed by atoms with Gasteiger partial charge in [-0.2, -0.15) is 0 Å². The Kier molecular flexibility index (Phi) is 6.55. The summed E-state index contributed by atoms with van der Waals surface area (Å²) in [5.41, 5.74) is -0.650. The van der Waals surface area contributed by atoms with Gasteiger partial charge < -0.3 is 0 Å². The molecule has 1 atom stereocenters. The number of hydrogen-bond donors (Lipinski definition) is 0. The first kappa shape index (κ1) is 18.3. The summed E-state index contributed by atoms with van der Waals surface area (Å²) in [5, 5.41) is 0. The molecule has 0 spiro atoms. The number of ether oxygens (including phenoxy) is 1. The zero-order valence-corrected chi connectivity index (χ0v) is 14.5. The molecule has 0 aliphatic heterocycles. The van der Waals surface area contributed by atoms with E-state index in [9.17, 15) is 18.0 Å². The molecule has 0 saturated carbocycles. The van der Waals surface area contributed by atoms with Crippen LogP contribution in [0.15, 0.2) is 28.4 Å². The molecule has 1 aromatic heterocycles. The SMILES string of the molecule is C=C(C)C(=O)OC(CC)(CCCC(F)(F)F)c1ccc[te]1. The molecule has 1 unspecified atom stereocenters. The summed E-state index contributed by atoms with van der Waals surface area (Å²) in [6.07, 6.45) is -4.43. The Morgan fingerprint density at radius 2 is 2.05 bits per heavy atom. The molecule has 0 amide bonds. The van der Waals surface area contributed by atoms with Crippen LogP contribution in [0.2, 0.25) is 0 Å². The first-order valence-electron chi connectivity index (χ1n) is 6.70. The fourth-order valence-corrected chi connectivity index (χ4v) is 4.78. The number of halogens is 3. The van der Waals surface area contributed by atoms with Gasteiger partial charge in [-0.25, -0.2) is 0 Å². The van der Waals surface area contributed by atoms with Gasteiger partial charge in [-0.3, -0.25) is 0 Å². The van der Waals surface area contributed by atoms with E-state index in [1.165, 1.54) is 6.92 Å². The van der Waals surface area contributed by atoms with Crippen LogP contribution in [0.4, 0.5) is 13.2 Å². The summed E-state index contributed by atoms with van der Waals surface area (Å²) in [4.78, 5) is 11.9. The normalized spacial score (nSPS) is 14.5. The quantitative estimate of drug-likeness (QED) is 0.379. The maximum atomic E-state index is 12.4. The van der Waals surface area contributed by atoms with E-state index in [2.05, 4.69) is 6.58 Å². The number of hydrogen-bond acceptors (Lipinski definition) is 2. The van der Waals surface area contributed by atoms with Crippen molar-refractivity contribution >= 4 is 26.4 Å². The van der Waals surface area contributed by atoms with Gasteiger partial charge in [0.05, 0.1) is 0 Å². The average Bonchev–Trinajstić information content (AvgIpc) is 2.90. The van der Waals surface area contributed by atoms with Crippen molar-refractivity contribution in [2.24, 2.45) is 0 Å². The average molecular weight is 416 g/mol. The van der Waals surface area contributed by atoms with Gasteiger partial charge in [0, 0.05) is 0 Å². The third-order valence-corrected chi connectivity index (χ3v) is 6.23. The summed E-state index contributed by atoms with van der Waals surface area (Å²) in [7, 11) is 0. The molecule has 0 fully saturated rings. The topological polar surface area (TPSA) is 26.3 Å². The minimum absolute atomic E-state index is 0.0505. The molecule has 0 saturated heterocycles. The molecule has 0 aromatic carbocycles. The predicted molar refractivity (Wildman–Crippen MR) is 76.2 cm³/mol. The molecule has 0 N–H and O–H groups in total. The third kappa shape index (κ3) is 5.52. The molecule has 0 aliphatic carbocycles. The standard InChI is InChI=1S/C15H19F3O2Te/c1-4-14(12-7-5-10-21-12,20-13(19)11(2)3)8-6-9-15(16,17)18/h5,7,10H,2,4,6,8-9H2,1,3H3. The van der Waals surface area contributed by atoms with Gasteiger partial charge in [0.15, 0.2) is 0 Å². The first-order chi connectivity index (χ1) is 9.70. The van der Waals surface area contributed by atoms with E-state index in [1.54, 1.807) is 0 Å². The first-order valence-corrected chi connectivity index (χ1v) is 9.21. The summed E-state index contributed by atoms with van der Waals surface area (Å²) in [6, 6.07) is 3.77. The Morgan fingerprint density at radius 3 is 2.48 bits per heavy atom. The third-order valence-electron chi connectivity index (χ3n) is 3.22. The van der Waals surface area contributed by atoms with E-state index >= 15 is 0 Å². The van der Waals surface area contributed by atoms with Crippen molar-refractivity contribution in [3.05, 3.63) is 31.9 Å². The zero-order chi connectivity index (χ0) is 16.1. The van der Waals surface area contributed by atoms with E-state index in [0.29, 0.717) is 6.42 Å². The van der Waals surface area contributed by atoms with E-state index in [4.69, 9.17) is 4.74 Å². The number of esters is 1. The number of carbonyl (C=O) groups is 1. The van der Waals surface area contributed by atoms with Crippen LogP contribution in [-0.2, 0) is 15.1 Å². The summed E-state index contributed by atoms with van der Waals surface area (Å²) < 4.78 is 45.7. The molecule has 0 bridgehead atoms. The Morgan fingerprint density at radius 1 is 1.38 bits per heavy atom. The summed E-state index contributed by atoms with van der Waals surface area (Å²) in [6.45, 7) is 6.92. The van der Waals surface area contributed by atoms with Crippen molar-refractivity contribution in [2.45, 2.75) is 51.3 Å². The molecule has 0 aliphatic rings. The van der Waals surface area contributed by atoms with Crippen LogP contribution < -0.4 is 0 Å². The van der Waals surface area contributed by atoms with Crippen LogP contribution in [0.25, 0.3) is 0 Å². The fourth-order valence-electron chi connectivity index (χ4n) is 2.02. The summed E-state index contributed by atoms with van der Waals surface area (Å²) >= 11 is -0.612. The van der Waals surface area contributed by atoms with Gasteiger partial charge in [-0.05, 0) is 0 Å². The Hall–Kier alpha value is -0.730. The van der Waals surface area contributed by atoms with Gasteiger partial charge in [0.1, 0.15) is 0 Å². The van der Waals surface area contributed by atoms with Gasteiger partial charge in [0.25, 0.3) is 0 Å². The second-order valence-corrected chi connectivity index (χ2v) is 7.67. The van der Waals surface area contributed by atoms with Crippen molar-refractivity contribution in [1.82, 2.24) is 0 Å². The Balaban J connectivity index is 2.92. The van der Waals surface area contributed by atoms with Gasteiger partial charge in [0.2, 0.25) is 0 Å². The molecule has 6 heteroatoms. The van der Waals surface area contributed by atoms with E-state index in [1.807, 2.05) is 23.1 Å². The Labute approximate surface area is 132 Å². The van der Waals surface area contributed by atoms with Crippen LogP contribution in [0.1, 0.15) is 43.1 Å².